The summed E-state index contributed by atoms with van der Waals surface area (Å²) >= 11 is 1.91. The Kier molecular flexibility index (Phi) is 4.38. The monoisotopic (exact) mass is 232 g/mol. The number of aliphatic hydroxyl groups excluding tert-OH is 1. The van der Waals surface area contributed by atoms with E-state index in [1.165, 1.54) is 0 Å². The molecule has 0 amide bonds. The zero-order chi connectivity index (χ0) is 13.0. The van der Waals surface area contributed by atoms with Gasteiger partial charge < -0.3 is 0 Å². The van der Waals surface area contributed by atoms with Crippen LogP contribution in [0.2, 0.25) is 0 Å². The first-order valence-corrected chi connectivity index (χ1v) is 5.99. The van der Waals surface area contributed by atoms with Gasteiger partial charge in [-0.15, -0.1) is 0 Å². The Balaban J connectivity index is 2.35. The second kappa shape index (κ2) is 6.02. The number of aliphatic hydroxyl groups is 1. The van der Waals surface area contributed by atoms with Crippen molar-refractivity contribution in [2.75, 3.05) is 6.61 Å². The van der Waals surface area contributed by atoms with Crippen molar-refractivity contribution in [3.8, 4) is 0 Å². The molecule has 18 heavy (non-hydrogen) atoms. The third-order valence-corrected chi connectivity index (χ3v) is 3.11. The van der Waals surface area contributed by atoms with Crippen LogP contribution < -0.4 is 4.24 Å². The van der Waals surface area contributed by atoms with E-state index in [0.29, 0.717) is 5.56 Å². The van der Waals surface area contributed by atoms with Gasteiger partial charge in [0, 0.05) is 0 Å². The molecule has 0 radical (unpaired) electrons. The molecule has 0 aromatic heterocycles. The quantitative estimate of drug-likeness (QED) is 0.639. The molecule has 1 unspecified atom stereocenters. The Hall–Kier alpha value is -1.33. The van der Waals surface area contributed by atoms with E-state index in [9.17, 15) is 9.90 Å². The Labute approximate surface area is 116 Å². The van der Waals surface area contributed by atoms with Gasteiger partial charge in [0.1, 0.15) is 0 Å². The number of rotatable bonds is 4. The maximum atomic E-state index is 12.4. The van der Waals surface area contributed by atoms with E-state index < -0.39 is 5.92 Å². The van der Waals surface area contributed by atoms with E-state index in [1.54, 1.807) is 0 Å². The van der Waals surface area contributed by atoms with Gasteiger partial charge in [-0.25, -0.2) is 0 Å². The fourth-order valence-electron chi connectivity index (χ4n) is 2.06. The van der Waals surface area contributed by atoms with Gasteiger partial charge in [-0.2, -0.15) is 0 Å². The van der Waals surface area contributed by atoms with Crippen molar-refractivity contribution in [3.05, 3.63) is 65.7 Å². The van der Waals surface area contributed by atoms with E-state index in [1.807, 2.05) is 72.3 Å². The molecule has 0 aliphatic heterocycles. The molecule has 0 saturated carbocycles. The Bertz CT molecular complexity index is 537. The molecule has 3 heteroatoms. The van der Waals surface area contributed by atoms with Crippen LogP contribution in [0.5, 0.6) is 0 Å². The van der Waals surface area contributed by atoms with Crippen molar-refractivity contribution in [2.24, 2.45) is 0 Å². The van der Waals surface area contributed by atoms with Gasteiger partial charge in [-0.1, -0.05) is 0 Å². The molecule has 2 rings (SSSR count). The van der Waals surface area contributed by atoms with Crippen LogP contribution in [0.1, 0.15) is 21.8 Å². The minimum atomic E-state index is -0.479. The standard InChI is InChI=1S/C15H13O2.Li/c16-11-14(12-7-3-1-4-8-12)15(17)13-9-5-2-6-10-13;/h1-9,14,16H,11H2;. The summed E-state index contributed by atoms with van der Waals surface area (Å²) in [7, 11) is 0. The number of carbonyl (C=O) groups is 1. The van der Waals surface area contributed by atoms with E-state index in [2.05, 4.69) is 0 Å². The third-order valence-electron chi connectivity index (χ3n) is 3.11. The molecule has 2 aromatic rings. The first kappa shape index (κ1) is 13.1. The molecule has 0 saturated heterocycles. The molecule has 0 spiro atoms. The number of hydrogen-bond donors (Lipinski definition) is 1. The molecule has 0 aliphatic carbocycles. The normalized spacial score (nSPS) is 12.2. The third kappa shape index (κ3) is 2.73. The van der Waals surface area contributed by atoms with Crippen LogP contribution in [0.4, 0.5) is 0 Å². The molecular weight excluding hydrogens is 219 g/mol. The molecule has 1 atom stereocenters. The Morgan fingerprint density at radius 3 is 2.28 bits per heavy atom. The summed E-state index contributed by atoms with van der Waals surface area (Å²) in [6, 6.07) is 16.9. The zero-order valence-electron chi connectivity index (χ0n) is 10.3. The van der Waals surface area contributed by atoms with Crippen LogP contribution in [0, 0.1) is 0 Å². The number of ketones is 1. The van der Waals surface area contributed by atoms with Gasteiger partial charge in [-0.3, -0.25) is 0 Å². The Morgan fingerprint density at radius 2 is 1.67 bits per heavy atom. The molecule has 0 fully saturated rings. The van der Waals surface area contributed by atoms with Crippen LogP contribution in [0.3, 0.4) is 0 Å². The van der Waals surface area contributed by atoms with Gasteiger partial charge in [-0.05, 0) is 0 Å². The first-order valence-electron chi connectivity index (χ1n) is 5.99. The summed E-state index contributed by atoms with van der Waals surface area (Å²) in [5.41, 5.74) is 1.54. The predicted molar refractivity (Wildman–Crippen MR) is 72.4 cm³/mol. The van der Waals surface area contributed by atoms with Crippen molar-refractivity contribution in [2.45, 2.75) is 5.92 Å². The van der Waals surface area contributed by atoms with Gasteiger partial charge in [0.2, 0.25) is 0 Å². The topological polar surface area (TPSA) is 37.3 Å². The number of hydrogen-bond acceptors (Lipinski definition) is 2. The van der Waals surface area contributed by atoms with Crippen molar-refractivity contribution in [3.63, 3.8) is 0 Å². The van der Waals surface area contributed by atoms with Gasteiger partial charge in [0.05, 0.1) is 0 Å². The molecule has 1 N–H and O–H groups in total. The van der Waals surface area contributed by atoms with Crippen molar-refractivity contribution in [1.29, 1.82) is 0 Å². The van der Waals surface area contributed by atoms with Crippen molar-refractivity contribution >= 4 is 27.7 Å². The van der Waals surface area contributed by atoms with Crippen LogP contribution in [-0.4, -0.2) is 35.2 Å². The summed E-state index contributed by atoms with van der Waals surface area (Å²) < 4.78 is 0.942. The number of Topliss-reactive ketones (excluding diaryl/α,β-unsaturated/α-hetero) is 1. The Morgan fingerprint density at radius 1 is 1.06 bits per heavy atom. The fourth-order valence-corrected chi connectivity index (χ4v) is 2.06. The summed E-state index contributed by atoms with van der Waals surface area (Å²) in [6.07, 6.45) is 0. The van der Waals surface area contributed by atoms with Crippen LogP contribution >= 0.6 is 0 Å². The average molecular weight is 232 g/mol. The van der Waals surface area contributed by atoms with Gasteiger partial charge >= 0.3 is 116 Å². The molecule has 2 aromatic carbocycles. The fraction of sp³-hybridized carbons (Fsp3) is 0.133. The maximum absolute atomic E-state index is 12.4. The van der Waals surface area contributed by atoms with Crippen LogP contribution in [0.25, 0.3) is 0 Å². The van der Waals surface area contributed by atoms with Crippen molar-refractivity contribution < 1.29 is 9.90 Å². The molecule has 86 valence electrons. The van der Waals surface area contributed by atoms with E-state index in [0.717, 1.165) is 9.80 Å². The average Bonchev–Trinajstić information content (AvgIpc) is 2.41. The molecule has 0 bridgehead atoms. The van der Waals surface area contributed by atoms with E-state index >= 15 is 0 Å². The molecule has 2 nitrogen and oxygen atoms in total. The molecular formula is C15H13LiO2. The van der Waals surface area contributed by atoms with Crippen LogP contribution in [-0.2, 0) is 0 Å². The van der Waals surface area contributed by atoms with Gasteiger partial charge in [0.25, 0.3) is 0 Å². The SMILES string of the molecule is [Li][c]1ccccc1C(=O)C(CO)c1ccccc1. The molecule has 0 aliphatic rings. The molecule has 0 heterocycles. The minimum absolute atomic E-state index is 0.0261. The van der Waals surface area contributed by atoms with E-state index in [4.69, 9.17) is 0 Å². The number of carbonyl (C=O) groups excluding carboxylic acids is 1. The van der Waals surface area contributed by atoms with Gasteiger partial charge in [0.15, 0.2) is 0 Å². The van der Waals surface area contributed by atoms with Crippen LogP contribution in [0.15, 0.2) is 54.6 Å². The zero-order valence-corrected chi connectivity index (χ0v) is 10.3. The predicted octanol–water partition coefficient (Wildman–Crippen LogP) is 1.44. The summed E-state index contributed by atoms with van der Waals surface area (Å²) in [6.45, 7) is -0.169. The van der Waals surface area contributed by atoms with Crippen molar-refractivity contribution in [1.82, 2.24) is 0 Å². The second-order valence-electron chi connectivity index (χ2n) is 4.33. The summed E-state index contributed by atoms with van der Waals surface area (Å²) in [4.78, 5) is 12.4. The van der Waals surface area contributed by atoms with E-state index in [-0.39, 0.29) is 12.4 Å². The summed E-state index contributed by atoms with van der Waals surface area (Å²) in [5.74, 6) is -0.505. The number of benzene rings is 2. The first-order chi connectivity index (χ1) is 8.74. The summed E-state index contributed by atoms with van der Waals surface area (Å²) in [5, 5.41) is 9.48. The second-order valence-corrected chi connectivity index (χ2v) is 4.33.